The second-order valence-corrected chi connectivity index (χ2v) is 8.04. The van der Waals surface area contributed by atoms with Gasteiger partial charge in [-0.2, -0.15) is 26.3 Å². The van der Waals surface area contributed by atoms with Crippen molar-refractivity contribution in [2.45, 2.75) is 12.4 Å². The van der Waals surface area contributed by atoms with E-state index in [4.69, 9.17) is 0 Å². The number of fused-ring (bicyclic) bond motifs is 1. The number of nitrogens with zero attached hydrogens (tertiary/aromatic N) is 5. The Kier molecular flexibility index (Phi) is 7.03. The fourth-order valence-electron chi connectivity index (χ4n) is 3.50. The predicted octanol–water partition coefficient (Wildman–Crippen LogP) is 6.13. The van der Waals surface area contributed by atoms with E-state index in [9.17, 15) is 31.1 Å². The smallest absolute Gasteiger partial charge is 0.340 e. The van der Waals surface area contributed by atoms with Gasteiger partial charge in [-0.15, -0.1) is 6.58 Å². The second-order valence-electron chi connectivity index (χ2n) is 8.04. The van der Waals surface area contributed by atoms with Crippen molar-refractivity contribution in [1.82, 2.24) is 24.8 Å². The number of likely N-dealkylation sites (N-methyl/N-ethyl adjacent to an activating group) is 1. The third kappa shape index (κ3) is 5.56. The summed E-state index contributed by atoms with van der Waals surface area (Å²) in [6.45, 7) is 3.71. The van der Waals surface area contributed by atoms with Gasteiger partial charge in [-0.25, -0.2) is 15.0 Å². The number of halogens is 6. The molecule has 0 saturated carbocycles. The Labute approximate surface area is 211 Å². The van der Waals surface area contributed by atoms with Crippen LogP contribution in [0.15, 0.2) is 67.4 Å². The molecule has 0 unspecified atom stereocenters. The van der Waals surface area contributed by atoms with Crippen molar-refractivity contribution in [2.24, 2.45) is 0 Å². The zero-order valence-corrected chi connectivity index (χ0v) is 19.6. The molecular weight excluding hydrogens is 514 g/mol. The summed E-state index contributed by atoms with van der Waals surface area (Å²) in [4.78, 5) is 30.6. The lowest BCUT2D eigenvalue weighted by molar-refractivity contribution is -0.138. The SMILES string of the molecule is C=CCN(C)C(=O)c1nc(Nc2ccc(C(F)(F)F)cc2)c2ccc(-c3ncccc3C(F)(F)F)nc2n1. The molecule has 0 aliphatic heterocycles. The quantitative estimate of drug-likeness (QED) is 0.238. The molecule has 38 heavy (non-hydrogen) atoms. The van der Waals surface area contributed by atoms with E-state index in [1.54, 1.807) is 0 Å². The summed E-state index contributed by atoms with van der Waals surface area (Å²) in [7, 11) is 1.47. The topological polar surface area (TPSA) is 83.9 Å². The van der Waals surface area contributed by atoms with Crippen LogP contribution in [-0.2, 0) is 12.4 Å². The van der Waals surface area contributed by atoms with Crippen molar-refractivity contribution in [3.05, 3.63) is 84.3 Å². The van der Waals surface area contributed by atoms with Crippen LogP contribution < -0.4 is 5.32 Å². The molecule has 0 atom stereocenters. The molecule has 7 nitrogen and oxygen atoms in total. The Morgan fingerprint density at radius 3 is 2.32 bits per heavy atom. The van der Waals surface area contributed by atoms with Crippen molar-refractivity contribution in [3.8, 4) is 11.4 Å². The number of pyridine rings is 2. The van der Waals surface area contributed by atoms with Crippen molar-refractivity contribution >= 4 is 28.4 Å². The molecule has 0 spiro atoms. The number of rotatable bonds is 6. The number of amides is 1. The molecule has 1 N–H and O–H groups in total. The average molecular weight is 532 g/mol. The highest BCUT2D eigenvalue weighted by atomic mass is 19.4. The minimum absolute atomic E-state index is 0.0150. The van der Waals surface area contributed by atoms with Crippen LogP contribution in [0.4, 0.5) is 37.8 Å². The molecule has 0 aliphatic carbocycles. The summed E-state index contributed by atoms with van der Waals surface area (Å²) in [5.41, 5.74) is -2.37. The second kappa shape index (κ2) is 10.1. The van der Waals surface area contributed by atoms with E-state index in [0.717, 1.165) is 24.3 Å². The van der Waals surface area contributed by atoms with E-state index >= 15 is 0 Å². The van der Waals surface area contributed by atoms with Crippen LogP contribution in [0.2, 0.25) is 0 Å². The molecule has 0 saturated heterocycles. The minimum Gasteiger partial charge on any atom is -0.340 e. The van der Waals surface area contributed by atoms with Crippen molar-refractivity contribution < 1.29 is 31.1 Å². The van der Waals surface area contributed by atoms with E-state index in [0.29, 0.717) is 0 Å². The molecule has 3 heterocycles. The Morgan fingerprint density at radius 2 is 1.68 bits per heavy atom. The summed E-state index contributed by atoms with van der Waals surface area (Å²) >= 11 is 0. The standard InChI is InChI=1S/C25H18F6N6O/c1-3-13-37(2)23(38)22-35-20(33-15-8-6-14(7-9-15)24(26,27)28)16-10-11-18(34-21(16)36-22)19-17(25(29,30)31)5-4-12-32-19/h3-12H,1,13H2,2H3,(H,33,34,35,36). The number of carbonyl (C=O) groups excluding carboxylic acids is 1. The van der Waals surface area contributed by atoms with E-state index in [-0.39, 0.29) is 40.6 Å². The fraction of sp³-hybridized carbons (Fsp3) is 0.160. The first kappa shape index (κ1) is 26.5. The summed E-state index contributed by atoms with van der Waals surface area (Å²) in [5.74, 6) is -0.956. The lowest BCUT2D eigenvalue weighted by atomic mass is 10.1. The van der Waals surface area contributed by atoms with Gasteiger partial charge in [-0.05, 0) is 48.5 Å². The maximum absolute atomic E-state index is 13.6. The van der Waals surface area contributed by atoms with Crippen LogP contribution >= 0.6 is 0 Å². The van der Waals surface area contributed by atoms with Crippen LogP contribution in [-0.4, -0.2) is 44.3 Å². The van der Waals surface area contributed by atoms with Gasteiger partial charge in [0.05, 0.1) is 22.2 Å². The molecule has 196 valence electrons. The van der Waals surface area contributed by atoms with Gasteiger partial charge in [0.25, 0.3) is 5.91 Å². The molecule has 4 rings (SSSR count). The van der Waals surface area contributed by atoms with E-state index in [1.807, 2.05) is 0 Å². The first-order valence-electron chi connectivity index (χ1n) is 10.9. The van der Waals surface area contributed by atoms with Gasteiger partial charge in [0.2, 0.25) is 5.82 Å². The Balaban J connectivity index is 1.85. The van der Waals surface area contributed by atoms with Gasteiger partial charge in [-0.3, -0.25) is 9.78 Å². The van der Waals surface area contributed by atoms with Gasteiger partial charge in [0.15, 0.2) is 5.65 Å². The molecule has 4 aromatic rings. The maximum atomic E-state index is 13.6. The molecule has 0 bridgehead atoms. The minimum atomic E-state index is -4.70. The highest BCUT2D eigenvalue weighted by Crippen LogP contribution is 2.36. The number of carbonyl (C=O) groups is 1. The molecule has 13 heteroatoms. The molecule has 0 fully saturated rings. The van der Waals surface area contributed by atoms with Crippen molar-refractivity contribution in [3.63, 3.8) is 0 Å². The Morgan fingerprint density at radius 1 is 0.974 bits per heavy atom. The van der Waals surface area contributed by atoms with Crippen LogP contribution in [0.1, 0.15) is 21.7 Å². The van der Waals surface area contributed by atoms with Crippen LogP contribution in [0.3, 0.4) is 0 Å². The summed E-state index contributed by atoms with van der Waals surface area (Å²) < 4.78 is 79.5. The van der Waals surface area contributed by atoms with E-state index in [2.05, 4.69) is 31.8 Å². The number of benzene rings is 1. The largest absolute Gasteiger partial charge is 0.418 e. The fourth-order valence-corrected chi connectivity index (χ4v) is 3.50. The van der Waals surface area contributed by atoms with Gasteiger partial charge < -0.3 is 10.2 Å². The number of nitrogens with one attached hydrogen (secondary N) is 1. The highest BCUT2D eigenvalue weighted by Gasteiger charge is 2.35. The molecule has 0 aliphatic rings. The van der Waals surface area contributed by atoms with Gasteiger partial charge in [0, 0.05) is 25.5 Å². The monoisotopic (exact) mass is 532 g/mol. The Bertz CT molecular complexity index is 1500. The van der Waals surface area contributed by atoms with Gasteiger partial charge in [-0.1, -0.05) is 6.08 Å². The van der Waals surface area contributed by atoms with Crippen molar-refractivity contribution in [2.75, 3.05) is 18.9 Å². The van der Waals surface area contributed by atoms with E-state index in [1.165, 1.54) is 48.5 Å². The number of hydrogen-bond acceptors (Lipinski definition) is 6. The zero-order valence-electron chi connectivity index (χ0n) is 19.6. The molecule has 1 amide bonds. The third-order valence-corrected chi connectivity index (χ3v) is 5.33. The molecule has 3 aromatic heterocycles. The summed E-state index contributed by atoms with van der Waals surface area (Å²) in [6.07, 6.45) is -6.57. The third-order valence-electron chi connectivity index (χ3n) is 5.33. The van der Waals surface area contributed by atoms with E-state index < -0.39 is 35.1 Å². The van der Waals surface area contributed by atoms with Crippen LogP contribution in [0.5, 0.6) is 0 Å². The zero-order chi connectivity index (χ0) is 27.7. The average Bonchev–Trinajstić information content (AvgIpc) is 2.87. The van der Waals surface area contributed by atoms with Crippen molar-refractivity contribution in [1.29, 1.82) is 0 Å². The maximum Gasteiger partial charge on any atom is 0.418 e. The summed E-state index contributed by atoms with van der Waals surface area (Å²) in [5, 5.41) is 3.05. The number of anilines is 2. The lowest BCUT2D eigenvalue weighted by Gasteiger charge is -2.16. The number of aromatic nitrogens is 4. The first-order chi connectivity index (χ1) is 17.9. The lowest BCUT2D eigenvalue weighted by Crippen LogP contribution is -2.28. The normalized spacial score (nSPS) is 11.9. The predicted molar refractivity (Wildman–Crippen MR) is 127 cm³/mol. The number of hydrogen-bond donors (Lipinski definition) is 1. The summed E-state index contributed by atoms with van der Waals surface area (Å²) in [6, 6.07) is 8.77. The molecule has 1 aromatic carbocycles. The number of alkyl halides is 6. The van der Waals surface area contributed by atoms with Crippen LogP contribution in [0, 0.1) is 0 Å². The molecule has 0 radical (unpaired) electrons. The Hall–Kier alpha value is -4.55. The first-order valence-corrected chi connectivity index (χ1v) is 10.9. The molecular formula is C25H18F6N6O. The van der Waals surface area contributed by atoms with Gasteiger partial charge >= 0.3 is 12.4 Å². The van der Waals surface area contributed by atoms with Gasteiger partial charge in [0.1, 0.15) is 11.5 Å². The highest BCUT2D eigenvalue weighted by molar-refractivity contribution is 5.96. The van der Waals surface area contributed by atoms with Crippen LogP contribution in [0.25, 0.3) is 22.4 Å².